The van der Waals surface area contributed by atoms with E-state index >= 15 is 0 Å². The van der Waals surface area contributed by atoms with E-state index in [4.69, 9.17) is 5.84 Å². The molecule has 0 radical (unpaired) electrons. The van der Waals surface area contributed by atoms with E-state index in [9.17, 15) is 9.18 Å². The SMILES string of the molecule is Cc1cc(NC(=O)c2cccc(F)c2NN)cc(C)c1Br. The Labute approximate surface area is 130 Å². The first-order valence-electron chi connectivity index (χ1n) is 6.27. The highest BCUT2D eigenvalue weighted by molar-refractivity contribution is 9.10. The van der Waals surface area contributed by atoms with Crippen LogP contribution < -0.4 is 16.6 Å². The smallest absolute Gasteiger partial charge is 0.257 e. The maximum Gasteiger partial charge on any atom is 0.257 e. The van der Waals surface area contributed by atoms with Gasteiger partial charge in [0.25, 0.3) is 5.91 Å². The third-order valence-electron chi connectivity index (χ3n) is 3.10. The van der Waals surface area contributed by atoms with Crippen LogP contribution >= 0.6 is 15.9 Å². The lowest BCUT2D eigenvalue weighted by Gasteiger charge is -2.12. The summed E-state index contributed by atoms with van der Waals surface area (Å²) >= 11 is 3.47. The predicted molar refractivity (Wildman–Crippen MR) is 85.8 cm³/mol. The van der Waals surface area contributed by atoms with E-state index in [0.717, 1.165) is 15.6 Å². The number of carbonyl (C=O) groups excluding carboxylic acids is 1. The van der Waals surface area contributed by atoms with Crippen molar-refractivity contribution in [2.45, 2.75) is 13.8 Å². The van der Waals surface area contributed by atoms with Gasteiger partial charge < -0.3 is 10.7 Å². The normalized spacial score (nSPS) is 10.3. The van der Waals surface area contributed by atoms with Gasteiger partial charge in [-0.05, 0) is 49.2 Å². The van der Waals surface area contributed by atoms with Gasteiger partial charge in [-0.25, -0.2) is 4.39 Å². The number of carbonyl (C=O) groups is 1. The molecule has 0 aromatic heterocycles. The van der Waals surface area contributed by atoms with Crippen LogP contribution in [0, 0.1) is 19.7 Å². The molecule has 4 N–H and O–H groups in total. The van der Waals surface area contributed by atoms with Crippen LogP contribution in [0.4, 0.5) is 15.8 Å². The molecule has 110 valence electrons. The molecule has 21 heavy (non-hydrogen) atoms. The summed E-state index contributed by atoms with van der Waals surface area (Å²) in [5.41, 5.74) is 4.99. The summed E-state index contributed by atoms with van der Waals surface area (Å²) in [6.07, 6.45) is 0. The minimum atomic E-state index is -0.576. The molecule has 0 spiro atoms. The molecule has 0 aliphatic rings. The minimum absolute atomic E-state index is 0.0273. The van der Waals surface area contributed by atoms with Crippen LogP contribution in [-0.2, 0) is 0 Å². The monoisotopic (exact) mass is 351 g/mol. The van der Waals surface area contributed by atoms with Gasteiger partial charge in [0.2, 0.25) is 0 Å². The molecule has 0 bridgehead atoms. The Morgan fingerprint density at radius 3 is 2.43 bits per heavy atom. The minimum Gasteiger partial charge on any atom is -0.322 e. The first-order valence-corrected chi connectivity index (χ1v) is 7.06. The zero-order chi connectivity index (χ0) is 15.6. The number of nitrogens with two attached hydrogens (primary N) is 1. The molecule has 0 heterocycles. The Balaban J connectivity index is 2.33. The van der Waals surface area contributed by atoms with Crippen LogP contribution in [0.2, 0.25) is 0 Å². The predicted octanol–water partition coefficient (Wildman–Crippen LogP) is 3.74. The van der Waals surface area contributed by atoms with Crippen molar-refractivity contribution in [2.75, 3.05) is 10.7 Å². The number of aryl methyl sites for hydroxylation is 2. The van der Waals surface area contributed by atoms with Gasteiger partial charge in [0.1, 0.15) is 5.82 Å². The summed E-state index contributed by atoms with van der Waals surface area (Å²) in [6.45, 7) is 3.86. The molecule has 0 fully saturated rings. The van der Waals surface area contributed by atoms with E-state index in [1.54, 1.807) is 0 Å². The Kier molecular flexibility index (Phi) is 4.59. The second kappa shape index (κ2) is 6.24. The van der Waals surface area contributed by atoms with E-state index < -0.39 is 11.7 Å². The molecule has 2 rings (SSSR count). The molecule has 2 aromatic rings. The fraction of sp³-hybridized carbons (Fsp3) is 0.133. The van der Waals surface area contributed by atoms with Gasteiger partial charge in [-0.2, -0.15) is 0 Å². The van der Waals surface area contributed by atoms with E-state index in [-0.39, 0.29) is 11.3 Å². The van der Waals surface area contributed by atoms with Crippen LogP contribution in [0.3, 0.4) is 0 Å². The van der Waals surface area contributed by atoms with Crippen molar-refractivity contribution in [3.05, 3.63) is 57.3 Å². The Morgan fingerprint density at radius 1 is 1.24 bits per heavy atom. The molecule has 0 saturated carbocycles. The largest absolute Gasteiger partial charge is 0.322 e. The fourth-order valence-corrected chi connectivity index (χ4v) is 2.31. The van der Waals surface area contributed by atoms with E-state index in [2.05, 4.69) is 26.7 Å². The average Bonchev–Trinajstić information content (AvgIpc) is 2.44. The maximum atomic E-state index is 13.6. The van der Waals surface area contributed by atoms with Crippen LogP contribution in [-0.4, -0.2) is 5.91 Å². The molecule has 0 atom stereocenters. The third-order valence-corrected chi connectivity index (χ3v) is 4.35. The first-order chi connectivity index (χ1) is 9.93. The second-order valence-electron chi connectivity index (χ2n) is 4.68. The van der Waals surface area contributed by atoms with E-state index in [1.807, 2.05) is 26.0 Å². The summed E-state index contributed by atoms with van der Waals surface area (Å²) in [4.78, 5) is 12.3. The summed E-state index contributed by atoms with van der Waals surface area (Å²) < 4.78 is 14.6. The standard InChI is InChI=1S/C15H15BrFN3O/c1-8-6-10(7-9(2)13(8)16)19-15(21)11-4-3-5-12(17)14(11)20-18/h3-7,20H,18H2,1-2H3,(H,19,21). The summed E-state index contributed by atoms with van der Waals surface area (Å²) in [6, 6.07) is 7.88. The number of nitrogen functional groups attached to an aromatic ring is 1. The topological polar surface area (TPSA) is 67.2 Å². The molecule has 0 aliphatic heterocycles. The van der Waals surface area contributed by atoms with Crippen molar-refractivity contribution in [1.82, 2.24) is 0 Å². The average molecular weight is 352 g/mol. The summed E-state index contributed by atoms with van der Waals surface area (Å²) in [7, 11) is 0. The number of para-hydroxylation sites is 1. The van der Waals surface area contributed by atoms with Gasteiger partial charge in [-0.1, -0.05) is 22.0 Å². The highest BCUT2D eigenvalue weighted by Gasteiger charge is 2.15. The molecule has 2 aromatic carbocycles. The van der Waals surface area contributed by atoms with E-state index in [1.165, 1.54) is 18.2 Å². The fourth-order valence-electron chi connectivity index (χ4n) is 2.08. The quantitative estimate of drug-likeness (QED) is 0.582. The highest BCUT2D eigenvalue weighted by Crippen LogP contribution is 2.26. The van der Waals surface area contributed by atoms with Gasteiger partial charge in [0.05, 0.1) is 11.3 Å². The molecule has 4 nitrogen and oxygen atoms in total. The number of nitrogens with one attached hydrogen (secondary N) is 2. The number of benzene rings is 2. The molecular formula is C15H15BrFN3O. The summed E-state index contributed by atoms with van der Waals surface area (Å²) in [5.74, 6) is 4.27. The molecule has 6 heteroatoms. The lowest BCUT2D eigenvalue weighted by Crippen LogP contribution is -2.18. The number of hydrazine groups is 1. The Hall–Kier alpha value is -1.92. The maximum absolute atomic E-state index is 13.6. The summed E-state index contributed by atoms with van der Waals surface area (Å²) in [5, 5.41) is 2.75. The van der Waals surface area contributed by atoms with Crippen LogP contribution in [0.1, 0.15) is 21.5 Å². The van der Waals surface area contributed by atoms with Crippen molar-refractivity contribution < 1.29 is 9.18 Å². The Morgan fingerprint density at radius 2 is 1.86 bits per heavy atom. The highest BCUT2D eigenvalue weighted by atomic mass is 79.9. The van der Waals surface area contributed by atoms with Crippen molar-refractivity contribution >= 4 is 33.2 Å². The van der Waals surface area contributed by atoms with Crippen molar-refractivity contribution in [3.8, 4) is 0 Å². The number of halogens is 2. The molecule has 1 amide bonds. The molecule has 0 unspecified atom stereocenters. The lowest BCUT2D eigenvalue weighted by molar-refractivity contribution is 0.102. The molecule has 0 aliphatic carbocycles. The third kappa shape index (κ3) is 3.22. The zero-order valence-corrected chi connectivity index (χ0v) is 13.2. The van der Waals surface area contributed by atoms with Gasteiger partial charge in [0.15, 0.2) is 0 Å². The van der Waals surface area contributed by atoms with Crippen molar-refractivity contribution in [1.29, 1.82) is 0 Å². The van der Waals surface area contributed by atoms with Crippen molar-refractivity contribution in [2.24, 2.45) is 5.84 Å². The number of hydrogen-bond acceptors (Lipinski definition) is 3. The molecule has 0 saturated heterocycles. The lowest BCUT2D eigenvalue weighted by atomic mass is 10.1. The van der Waals surface area contributed by atoms with Crippen molar-refractivity contribution in [3.63, 3.8) is 0 Å². The van der Waals surface area contributed by atoms with Crippen LogP contribution in [0.15, 0.2) is 34.8 Å². The Bertz CT molecular complexity index is 680. The second-order valence-corrected chi connectivity index (χ2v) is 5.48. The number of rotatable bonds is 3. The number of anilines is 2. The van der Waals surface area contributed by atoms with Gasteiger partial charge in [-0.15, -0.1) is 0 Å². The molecular weight excluding hydrogens is 337 g/mol. The van der Waals surface area contributed by atoms with Gasteiger partial charge >= 0.3 is 0 Å². The van der Waals surface area contributed by atoms with Gasteiger partial charge in [0, 0.05) is 10.2 Å². The van der Waals surface area contributed by atoms with Crippen LogP contribution in [0.5, 0.6) is 0 Å². The number of amides is 1. The van der Waals surface area contributed by atoms with Gasteiger partial charge in [-0.3, -0.25) is 10.6 Å². The zero-order valence-electron chi connectivity index (χ0n) is 11.6. The number of hydrogen-bond donors (Lipinski definition) is 3. The van der Waals surface area contributed by atoms with Crippen LogP contribution in [0.25, 0.3) is 0 Å². The first kappa shape index (κ1) is 15.5. The van der Waals surface area contributed by atoms with E-state index in [0.29, 0.717) is 5.69 Å².